The van der Waals surface area contributed by atoms with Crippen LogP contribution in [-0.4, -0.2) is 36.0 Å². The minimum absolute atomic E-state index is 0.647. The molecule has 4 heteroatoms. The van der Waals surface area contributed by atoms with Gasteiger partial charge in [0.25, 0.3) is 0 Å². The van der Waals surface area contributed by atoms with Crippen molar-refractivity contribution in [2.75, 3.05) is 19.1 Å². The fourth-order valence-electron chi connectivity index (χ4n) is 2.33. The SMILES string of the molecule is CCC(CSC)N(C)Cc1ccoc1CNC1CC1. The maximum absolute atomic E-state index is 5.62. The van der Waals surface area contributed by atoms with Gasteiger partial charge in [0.05, 0.1) is 12.8 Å². The van der Waals surface area contributed by atoms with E-state index in [-0.39, 0.29) is 0 Å². The molecule has 0 saturated heterocycles. The Labute approximate surface area is 121 Å². The predicted molar refractivity (Wildman–Crippen MR) is 82.5 cm³/mol. The predicted octanol–water partition coefficient (Wildman–Crippen LogP) is 3.11. The summed E-state index contributed by atoms with van der Waals surface area (Å²) in [6.07, 6.45) is 7.84. The molecule has 1 N–H and O–H groups in total. The van der Waals surface area contributed by atoms with Crippen molar-refractivity contribution in [1.82, 2.24) is 10.2 Å². The van der Waals surface area contributed by atoms with Gasteiger partial charge in [0.1, 0.15) is 5.76 Å². The first-order valence-corrected chi connectivity index (χ1v) is 8.61. The van der Waals surface area contributed by atoms with Crippen LogP contribution in [0.4, 0.5) is 0 Å². The van der Waals surface area contributed by atoms with E-state index in [1.807, 2.05) is 18.0 Å². The zero-order valence-corrected chi connectivity index (χ0v) is 13.1. The number of thioether (sulfide) groups is 1. The summed E-state index contributed by atoms with van der Waals surface area (Å²) in [6, 6.07) is 3.50. The van der Waals surface area contributed by atoms with Crippen molar-refractivity contribution in [3.8, 4) is 0 Å². The Kier molecular flexibility index (Phi) is 5.79. The van der Waals surface area contributed by atoms with Crippen LogP contribution >= 0.6 is 11.8 Å². The van der Waals surface area contributed by atoms with E-state index < -0.39 is 0 Å². The topological polar surface area (TPSA) is 28.4 Å². The van der Waals surface area contributed by atoms with Gasteiger partial charge < -0.3 is 9.73 Å². The van der Waals surface area contributed by atoms with Gasteiger partial charge in [0, 0.05) is 29.9 Å². The molecule has 1 aliphatic carbocycles. The Balaban J connectivity index is 1.87. The first-order valence-electron chi connectivity index (χ1n) is 7.22. The summed E-state index contributed by atoms with van der Waals surface area (Å²) in [7, 11) is 2.22. The fourth-order valence-corrected chi connectivity index (χ4v) is 3.21. The van der Waals surface area contributed by atoms with E-state index in [1.165, 1.54) is 30.6 Å². The normalized spacial score (nSPS) is 17.1. The van der Waals surface area contributed by atoms with Crippen LogP contribution in [0, 0.1) is 0 Å². The lowest BCUT2D eigenvalue weighted by atomic mass is 10.2. The number of nitrogens with zero attached hydrogens (tertiary/aromatic N) is 1. The van der Waals surface area contributed by atoms with E-state index in [0.717, 1.165) is 24.9 Å². The van der Waals surface area contributed by atoms with Gasteiger partial charge in [-0.1, -0.05) is 6.92 Å². The average molecular weight is 282 g/mol. The van der Waals surface area contributed by atoms with E-state index in [2.05, 4.69) is 36.5 Å². The molecular weight excluding hydrogens is 256 g/mol. The van der Waals surface area contributed by atoms with Gasteiger partial charge in [-0.2, -0.15) is 11.8 Å². The van der Waals surface area contributed by atoms with Crippen LogP contribution in [0.3, 0.4) is 0 Å². The molecule has 0 aromatic carbocycles. The second-order valence-corrected chi connectivity index (χ2v) is 6.37. The number of furan rings is 1. The van der Waals surface area contributed by atoms with Crippen molar-refractivity contribution in [1.29, 1.82) is 0 Å². The quantitative estimate of drug-likeness (QED) is 0.753. The van der Waals surface area contributed by atoms with E-state index in [4.69, 9.17) is 4.42 Å². The summed E-state index contributed by atoms with van der Waals surface area (Å²) in [6.45, 7) is 4.12. The molecule has 1 atom stereocenters. The van der Waals surface area contributed by atoms with Crippen molar-refractivity contribution in [2.45, 2.75) is 51.4 Å². The third kappa shape index (κ3) is 4.55. The zero-order chi connectivity index (χ0) is 13.7. The Hall–Kier alpha value is -0.450. The van der Waals surface area contributed by atoms with Gasteiger partial charge in [0.2, 0.25) is 0 Å². The Morgan fingerprint density at radius 2 is 2.32 bits per heavy atom. The molecule has 0 bridgehead atoms. The summed E-state index contributed by atoms with van der Waals surface area (Å²) in [5, 5.41) is 3.52. The number of hydrogen-bond acceptors (Lipinski definition) is 4. The molecule has 1 heterocycles. The van der Waals surface area contributed by atoms with E-state index >= 15 is 0 Å². The highest BCUT2D eigenvalue weighted by atomic mass is 32.2. The summed E-state index contributed by atoms with van der Waals surface area (Å²) in [4.78, 5) is 2.45. The minimum atomic E-state index is 0.647. The minimum Gasteiger partial charge on any atom is -0.468 e. The summed E-state index contributed by atoms with van der Waals surface area (Å²) in [5.41, 5.74) is 1.33. The van der Waals surface area contributed by atoms with Gasteiger partial charge in [-0.3, -0.25) is 4.90 Å². The van der Waals surface area contributed by atoms with Crippen molar-refractivity contribution in [3.63, 3.8) is 0 Å². The van der Waals surface area contributed by atoms with Crippen LogP contribution in [0.25, 0.3) is 0 Å². The third-order valence-corrected chi connectivity index (χ3v) is 4.56. The molecule has 1 saturated carbocycles. The summed E-state index contributed by atoms with van der Waals surface area (Å²) >= 11 is 1.92. The highest BCUT2D eigenvalue weighted by Gasteiger charge is 2.21. The van der Waals surface area contributed by atoms with E-state index in [1.54, 1.807) is 0 Å². The number of rotatable bonds is 9. The molecule has 1 fully saturated rings. The molecule has 2 rings (SSSR count). The van der Waals surface area contributed by atoms with Crippen molar-refractivity contribution in [2.24, 2.45) is 0 Å². The van der Waals surface area contributed by atoms with Crippen LogP contribution in [0.5, 0.6) is 0 Å². The third-order valence-electron chi connectivity index (χ3n) is 3.84. The molecule has 1 aliphatic rings. The second kappa shape index (κ2) is 7.36. The van der Waals surface area contributed by atoms with Crippen molar-refractivity contribution < 1.29 is 4.42 Å². The van der Waals surface area contributed by atoms with E-state index in [0.29, 0.717) is 6.04 Å². The van der Waals surface area contributed by atoms with Gasteiger partial charge in [-0.15, -0.1) is 0 Å². The fraction of sp³-hybridized carbons (Fsp3) is 0.733. The smallest absolute Gasteiger partial charge is 0.122 e. The van der Waals surface area contributed by atoms with Gasteiger partial charge in [0.15, 0.2) is 0 Å². The lowest BCUT2D eigenvalue weighted by Gasteiger charge is -2.26. The van der Waals surface area contributed by atoms with Crippen molar-refractivity contribution in [3.05, 3.63) is 23.7 Å². The highest BCUT2D eigenvalue weighted by molar-refractivity contribution is 7.98. The van der Waals surface area contributed by atoms with Crippen LogP contribution in [0.1, 0.15) is 37.5 Å². The number of hydrogen-bond donors (Lipinski definition) is 1. The monoisotopic (exact) mass is 282 g/mol. The Bertz CT molecular complexity index is 376. The van der Waals surface area contributed by atoms with E-state index in [9.17, 15) is 0 Å². The summed E-state index contributed by atoms with van der Waals surface area (Å²) in [5.74, 6) is 2.30. The molecule has 1 unspecified atom stereocenters. The molecular formula is C15H26N2OS. The number of nitrogens with one attached hydrogen (secondary N) is 1. The molecule has 19 heavy (non-hydrogen) atoms. The summed E-state index contributed by atoms with van der Waals surface area (Å²) < 4.78 is 5.62. The van der Waals surface area contributed by atoms with Gasteiger partial charge in [-0.05, 0) is 38.6 Å². The lowest BCUT2D eigenvalue weighted by molar-refractivity contribution is 0.245. The largest absolute Gasteiger partial charge is 0.468 e. The van der Waals surface area contributed by atoms with Crippen LogP contribution in [0.15, 0.2) is 16.7 Å². The first kappa shape index (κ1) is 14.9. The molecule has 1 aromatic rings. The highest BCUT2D eigenvalue weighted by Crippen LogP contribution is 2.21. The maximum atomic E-state index is 5.62. The lowest BCUT2D eigenvalue weighted by Crippen LogP contribution is -2.33. The second-order valence-electron chi connectivity index (χ2n) is 5.46. The zero-order valence-electron chi connectivity index (χ0n) is 12.3. The van der Waals surface area contributed by atoms with Gasteiger partial charge >= 0.3 is 0 Å². The van der Waals surface area contributed by atoms with Gasteiger partial charge in [-0.25, -0.2) is 0 Å². The Morgan fingerprint density at radius 3 is 2.95 bits per heavy atom. The van der Waals surface area contributed by atoms with Crippen molar-refractivity contribution >= 4 is 11.8 Å². The molecule has 0 aliphatic heterocycles. The van der Waals surface area contributed by atoms with Crippen LogP contribution in [0.2, 0.25) is 0 Å². The average Bonchev–Trinajstić information content (AvgIpc) is 3.14. The molecule has 3 nitrogen and oxygen atoms in total. The maximum Gasteiger partial charge on any atom is 0.122 e. The van der Waals surface area contributed by atoms with Crippen LogP contribution < -0.4 is 5.32 Å². The molecule has 1 aromatic heterocycles. The molecule has 0 amide bonds. The molecule has 108 valence electrons. The molecule has 0 radical (unpaired) electrons. The van der Waals surface area contributed by atoms with Crippen LogP contribution in [-0.2, 0) is 13.1 Å². The standard InChI is InChI=1S/C15H26N2OS/c1-4-14(11-19-3)17(2)10-12-7-8-18-15(12)9-16-13-5-6-13/h7-8,13-14,16H,4-6,9-11H2,1-3H3. The first-order chi connectivity index (χ1) is 9.24. The Morgan fingerprint density at radius 1 is 1.53 bits per heavy atom. The molecule has 0 spiro atoms.